The fourth-order valence-corrected chi connectivity index (χ4v) is 3.09. The van der Waals surface area contributed by atoms with Crippen molar-refractivity contribution in [2.24, 2.45) is 0 Å². The first-order chi connectivity index (χ1) is 12.7. The van der Waals surface area contributed by atoms with Gasteiger partial charge in [-0.3, -0.25) is 4.79 Å². The quantitative estimate of drug-likeness (QED) is 0.783. The predicted molar refractivity (Wildman–Crippen MR) is 95.1 cm³/mol. The number of aromatic nitrogens is 4. The van der Waals surface area contributed by atoms with E-state index in [1.165, 1.54) is 0 Å². The minimum Gasteiger partial charge on any atom is -0.438 e. The van der Waals surface area contributed by atoms with Crippen LogP contribution in [0, 0.1) is 6.92 Å². The van der Waals surface area contributed by atoms with Crippen molar-refractivity contribution in [2.45, 2.75) is 32.4 Å². The molecule has 0 saturated heterocycles. The number of carbonyl (C=O) groups excluding carboxylic acids is 1. The molecule has 26 heavy (non-hydrogen) atoms. The maximum absolute atomic E-state index is 12.8. The molecule has 1 aliphatic rings. The zero-order valence-electron chi connectivity index (χ0n) is 14.4. The standard InChI is InChI=1S/C19H19N5O2/c1-13-22-23-17-10-9-14(12-24(13)17)21-18(25)16-8-5-11-20-19(16)26-15-6-3-2-4-7-15/h2-8,11,14H,9-10,12H2,1H3,(H,21,25). The van der Waals surface area contributed by atoms with Crippen molar-refractivity contribution in [3.63, 3.8) is 0 Å². The molecule has 3 heterocycles. The van der Waals surface area contributed by atoms with Crippen LogP contribution in [-0.4, -0.2) is 31.7 Å². The Morgan fingerprint density at radius 3 is 2.88 bits per heavy atom. The molecule has 3 aromatic rings. The zero-order chi connectivity index (χ0) is 17.9. The number of hydrogen-bond acceptors (Lipinski definition) is 5. The molecule has 1 aliphatic heterocycles. The van der Waals surface area contributed by atoms with Gasteiger partial charge in [-0.2, -0.15) is 0 Å². The van der Waals surface area contributed by atoms with E-state index in [1.54, 1.807) is 18.3 Å². The summed E-state index contributed by atoms with van der Waals surface area (Å²) in [5.74, 6) is 2.59. The molecule has 0 radical (unpaired) electrons. The van der Waals surface area contributed by atoms with E-state index in [0.717, 1.165) is 24.5 Å². The number of carbonyl (C=O) groups is 1. The summed E-state index contributed by atoms with van der Waals surface area (Å²) in [6, 6.07) is 12.8. The lowest BCUT2D eigenvalue weighted by Gasteiger charge is -2.25. The fourth-order valence-electron chi connectivity index (χ4n) is 3.09. The molecule has 4 rings (SSSR count). The number of para-hydroxylation sites is 1. The van der Waals surface area contributed by atoms with Crippen molar-refractivity contribution in [3.8, 4) is 11.6 Å². The van der Waals surface area contributed by atoms with Gasteiger partial charge in [-0.25, -0.2) is 4.98 Å². The Bertz CT molecular complexity index is 923. The second kappa shape index (κ2) is 6.95. The summed E-state index contributed by atoms with van der Waals surface area (Å²) in [7, 11) is 0. The molecule has 1 N–H and O–H groups in total. The molecule has 2 aromatic heterocycles. The first-order valence-electron chi connectivity index (χ1n) is 8.58. The van der Waals surface area contributed by atoms with Crippen molar-refractivity contribution >= 4 is 5.91 Å². The van der Waals surface area contributed by atoms with E-state index in [4.69, 9.17) is 4.74 Å². The van der Waals surface area contributed by atoms with Gasteiger partial charge in [0, 0.05) is 25.2 Å². The average molecular weight is 349 g/mol. The van der Waals surface area contributed by atoms with Gasteiger partial charge in [0.1, 0.15) is 23.0 Å². The normalized spacial score (nSPS) is 16.0. The Hall–Kier alpha value is -3.22. The van der Waals surface area contributed by atoms with Crippen LogP contribution < -0.4 is 10.1 Å². The Morgan fingerprint density at radius 2 is 2.04 bits per heavy atom. The molecule has 0 aliphatic carbocycles. The molecule has 0 spiro atoms. The molecule has 7 heteroatoms. The first kappa shape index (κ1) is 16.3. The number of amides is 1. The lowest BCUT2D eigenvalue weighted by molar-refractivity contribution is 0.0924. The van der Waals surface area contributed by atoms with Crippen LogP contribution >= 0.6 is 0 Å². The summed E-state index contributed by atoms with van der Waals surface area (Å²) in [6.45, 7) is 2.60. The van der Waals surface area contributed by atoms with E-state index in [9.17, 15) is 4.79 Å². The predicted octanol–water partition coefficient (Wildman–Crippen LogP) is 2.52. The van der Waals surface area contributed by atoms with Gasteiger partial charge in [-0.15, -0.1) is 10.2 Å². The number of rotatable bonds is 4. The highest BCUT2D eigenvalue weighted by Crippen LogP contribution is 2.23. The number of nitrogens with zero attached hydrogens (tertiary/aromatic N) is 4. The van der Waals surface area contributed by atoms with Gasteiger partial charge in [0.25, 0.3) is 5.91 Å². The summed E-state index contributed by atoms with van der Waals surface area (Å²) in [4.78, 5) is 17.0. The number of pyridine rings is 1. The molecular formula is C19H19N5O2. The lowest BCUT2D eigenvalue weighted by atomic mass is 10.1. The number of ether oxygens (including phenoxy) is 1. The van der Waals surface area contributed by atoms with Crippen LogP contribution in [0.15, 0.2) is 48.7 Å². The Kier molecular flexibility index (Phi) is 4.35. The van der Waals surface area contributed by atoms with Gasteiger partial charge in [0.05, 0.1) is 0 Å². The molecule has 0 fully saturated rings. The molecule has 0 saturated carbocycles. The lowest BCUT2D eigenvalue weighted by Crippen LogP contribution is -2.41. The number of hydrogen-bond donors (Lipinski definition) is 1. The molecule has 7 nitrogen and oxygen atoms in total. The minimum absolute atomic E-state index is 0.0227. The molecule has 132 valence electrons. The van der Waals surface area contributed by atoms with Crippen molar-refractivity contribution < 1.29 is 9.53 Å². The van der Waals surface area contributed by atoms with E-state index in [1.807, 2.05) is 37.3 Å². The third-order valence-electron chi connectivity index (χ3n) is 4.44. The summed E-state index contributed by atoms with van der Waals surface area (Å²) in [5.41, 5.74) is 0.419. The smallest absolute Gasteiger partial charge is 0.257 e. The van der Waals surface area contributed by atoms with Crippen molar-refractivity contribution in [1.82, 2.24) is 25.1 Å². The molecule has 0 bridgehead atoms. The average Bonchev–Trinajstić information content (AvgIpc) is 3.03. The van der Waals surface area contributed by atoms with Crippen LogP contribution in [0.4, 0.5) is 0 Å². The number of benzene rings is 1. The Balaban J connectivity index is 1.50. The second-order valence-corrected chi connectivity index (χ2v) is 6.25. The molecule has 1 aromatic carbocycles. The van der Waals surface area contributed by atoms with Crippen LogP contribution in [0.2, 0.25) is 0 Å². The number of fused-ring (bicyclic) bond motifs is 1. The highest BCUT2D eigenvalue weighted by molar-refractivity contribution is 5.96. The topological polar surface area (TPSA) is 81.9 Å². The Labute approximate surface area is 151 Å². The van der Waals surface area contributed by atoms with Crippen LogP contribution in [0.25, 0.3) is 0 Å². The summed E-state index contributed by atoms with van der Waals surface area (Å²) in [5, 5.41) is 11.3. The second-order valence-electron chi connectivity index (χ2n) is 6.25. The third-order valence-corrected chi connectivity index (χ3v) is 4.44. The van der Waals surface area contributed by atoms with E-state index in [-0.39, 0.29) is 11.9 Å². The van der Waals surface area contributed by atoms with Crippen molar-refractivity contribution in [1.29, 1.82) is 0 Å². The van der Waals surface area contributed by atoms with Crippen molar-refractivity contribution in [2.75, 3.05) is 0 Å². The number of nitrogens with one attached hydrogen (secondary N) is 1. The maximum atomic E-state index is 12.8. The van der Waals surface area contributed by atoms with Gasteiger partial charge < -0.3 is 14.6 Å². The minimum atomic E-state index is -0.191. The molecule has 1 amide bonds. The summed E-state index contributed by atoms with van der Waals surface area (Å²) < 4.78 is 7.84. The van der Waals surface area contributed by atoms with E-state index in [0.29, 0.717) is 23.7 Å². The number of aryl methyl sites for hydroxylation is 2. The summed E-state index contributed by atoms with van der Waals surface area (Å²) in [6.07, 6.45) is 3.24. The third kappa shape index (κ3) is 3.28. The highest BCUT2D eigenvalue weighted by atomic mass is 16.5. The van der Waals surface area contributed by atoms with Gasteiger partial charge in [-0.05, 0) is 37.6 Å². The fraction of sp³-hybridized carbons (Fsp3) is 0.263. The van der Waals surface area contributed by atoms with Crippen LogP contribution in [-0.2, 0) is 13.0 Å². The van der Waals surface area contributed by atoms with E-state index < -0.39 is 0 Å². The first-order valence-corrected chi connectivity index (χ1v) is 8.58. The summed E-state index contributed by atoms with van der Waals surface area (Å²) >= 11 is 0. The highest BCUT2D eigenvalue weighted by Gasteiger charge is 2.24. The van der Waals surface area contributed by atoms with Gasteiger partial charge >= 0.3 is 0 Å². The van der Waals surface area contributed by atoms with Gasteiger partial charge in [0.2, 0.25) is 5.88 Å². The van der Waals surface area contributed by atoms with Crippen molar-refractivity contribution in [3.05, 3.63) is 65.9 Å². The van der Waals surface area contributed by atoms with Gasteiger partial charge in [-0.1, -0.05) is 18.2 Å². The molecule has 1 atom stereocenters. The molecular weight excluding hydrogens is 330 g/mol. The largest absolute Gasteiger partial charge is 0.438 e. The monoisotopic (exact) mass is 349 g/mol. The van der Waals surface area contributed by atoms with E-state index in [2.05, 4.69) is 25.1 Å². The van der Waals surface area contributed by atoms with E-state index >= 15 is 0 Å². The van der Waals surface area contributed by atoms with Gasteiger partial charge in [0.15, 0.2) is 0 Å². The SMILES string of the molecule is Cc1nnc2n1CC(NC(=O)c1cccnc1Oc1ccccc1)CC2. The van der Waals surface area contributed by atoms with Crippen LogP contribution in [0.1, 0.15) is 28.4 Å². The van der Waals surface area contributed by atoms with Crippen LogP contribution in [0.5, 0.6) is 11.6 Å². The maximum Gasteiger partial charge on any atom is 0.257 e. The Morgan fingerprint density at radius 1 is 1.19 bits per heavy atom. The zero-order valence-corrected chi connectivity index (χ0v) is 14.4. The van der Waals surface area contributed by atoms with Crippen LogP contribution in [0.3, 0.4) is 0 Å². The molecule has 1 unspecified atom stereocenters.